The summed E-state index contributed by atoms with van der Waals surface area (Å²) in [6.45, 7) is 4.21. The van der Waals surface area contributed by atoms with Crippen molar-refractivity contribution in [1.29, 1.82) is 0 Å². The smallest absolute Gasteiger partial charge is 0.0498 e. The molecule has 1 rings (SSSR count). The highest BCUT2D eigenvalue weighted by molar-refractivity contribution is 4.70. The first kappa shape index (κ1) is 7.03. The molecule has 1 heterocycles. The average molecular weight is 130 g/mol. The van der Waals surface area contributed by atoms with Crippen LogP contribution in [0.4, 0.5) is 0 Å². The first-order chi connectivity index (χ1) is 4.34. The van der Waals surface area contributed by atoms with E-state index in [0.29, 0.717) is 18.4 Å². The van der Waals surface area contributed by atoms with E-state index in [2.05, 4.69) is 6.92 Å². The molecule has 0 unspecified atom stereocenters. The average Bonchev–Trinajstić information content (AvgIpc) is 2.18. The maximum atomic E-state index is 8.59. The summed E-state index contributed by atoms with van der Waals surface area (Å²) in [6.07, 6.45) is 0.904. The Balaban J connectivity index is 2.22. The van der Waals surface area contributed by atoms with Crippen molar-refractivity contribution >= 4 is 0 Å². The van der Waals surface area contributed by atoms with Crippen LogP contribution in [0.2, 0.25) is 0 Å². The molecule has 0 aliphatic carbocycles. The van der Waals surface area contributed by atoms with Crippen molar-refractivity contribution in [2.24, 2.45) is 11.8 Å². The van der Waals surface area contributed by atoms with E-state index in [1.54, 1.807) is 0 Å². The van der Waals surface area contributed by atoms with Gasteiger partial charge < -0.3 is 9.84 Å². The van der Waals surface area contributed by atoms with Gasteiger partial charge in [0.1, 0.15) is 0 Å². The lowest BCUT2D eigenvalue weighted by molar-refractivity contribution is 0.174. The molecule has 1 aliphatic heterocycles. The highest BCUT2D eigenvalue weighted by atomic mass is 16.5. The minimum atomic E-state index is 0.304. The van der Waals surface area contributed by atoms with E-state index in [4.69, 9.17) is 9.84 Å². The van der Waals surface area contributed by atoms with Crippen molar-refractivity contribution in [2.75, 3.05) is 19.8 Å². The molecule has 1 saturated heterocycles. The SMILES string of the molecule is C[C@H]1COC[C@H]1CCO. The molecule has 0 amide bonds. The first-order valence-corrected chi connectivity index (χ1v) is 3.53. The second-order valence-electron chi connectivity index (χ2n) is 2.79. The van der Waals surface area contributed by atoms with Gasteiger partial charge in [0.2, 0.25) is 0 Å². The molecule has 1 N–H and O–H groups in total. The van der Waals surface area contributed by atoms with Crippen LogP contribution < -0.4 is 0 Å². The predicted octanol–water partition coefficient (Wildman–Crippen LogP) is 0.651. The normalized spacial score (nSPS) is 35.3. The molecule has 0 aromatic rings. The molecule has 1 fully saturated rings. The van der Waals surface area contributed by atoms with E-state index in [-0.39, 0.29) is 0 Å². The van der Waals surface area contributed by atoms with E-state index in [9.17, 15) is 0 Å². The van der Waals surface area contributed by atoms with Gasteiger partial charge >= 0.3 is 0 Å². The molecular weight excluding hydrogens is 116 g/mol. The van der Waals surface area contributed by atoms with Crippen molar-refractivity contribution in [1.82, 2.24) is 0 Å². The monoisotopic (exact) mass is 130 g/mol. The van der Waals surface area contributed by atoms with Crippen LogP contribution in [0, 0.1) is 11.8 Å². The molecule has 0 aromatic heterocycles. The Morgan fingerprint density at radius 1 is 1.56 bits per heavy atom. The fourth-order valence-corrected chi connectivity index (χ4v) is 1.24. The van der Waals surface area contributed by atoms with Gasteiger partial charge in [-0.05, 0) is 18.3 Å². The maximum absolute atomic E-state index is 8.59. The third-order valence-corrected chi connectivity index (χ3v) is 2.02. The highest BCUT2D eigenvalue weighted by Crippen LogP contribution is 2.22. The lowest BCUT2D eigenvalue weighted by atomic mass is 9.95. The molecule has 2 nitrogen and oxygen atoms in total. The number of aliphatic hydroxyl groups excluding tert-OH is 1. The molecule has 2 heteroatoms. The van der Waals surface area contributed by atoms with E-state index >= 15 is 0 Å². The Hall–Kier alpha value is -0.0800. The minimum absolute atomic E-state index is 0.304. The number of rotatable bonds is 2. The van der Waals surface area contributed by atoms with Crippen molar-refractivity contribution in [3.8, 4) is 0 Å². The summed E-state index contributed by atoms with van der Waals surface area (Å²) in [5.41, 5.74) is 0. The molecule has 2 atom stereocenters. The zero-order chi connectivity index (χ0) is 6.69. The first-order valence-electron chi connectivity index (χ1n) is 3.53. The highest BCUT2D eigenvalue weighted by Gasteiger charge is 2.22. The van der Waals surface area contributed by atoms with Gasteiger partial charge in [0.15, 0.2) is 0 Å². The van der Waals surface area contributed by atoms with Gasteiger partial charge in [-0.1, -0.05) is 6.92 Å². The van der Waals surface area contributed by atoms with Gasteiger partial charge in [-0.25, -0.2) is 0 Å². The molecule has 0 saturated carbocycles. The van der Waals surface area contributed by atoms with E-state index in [0.717, 1.165) is 19.6 Å². The third-order valence-electron chi connectivity index (χ3n) is 2.02. The molecule has 54 valence electrons. The van der Waals surface area contributed by atoms with Gasteiger partial charge in [0, 0.05) is 19.8 Å². The second kappa shape index (κ2) is 3.18. The molecule has 1 aliphatic rings. The van der Waals surface area contributed by atoms with Crippen LogP contribution in [0.1, 0.15) is 13.3 Å². The summed E-state index contributed by atoms with van der Waals surface area (Å²) in [6, 6.07) is 0. The zero-order valence-electron chi connectivity index (χ0n) is 5.84. The number of hydrogen-bond donors (Lipinski definition) is 1. The van der Waals surface area contributed by atoms with Crippen LogP contribution in [-0.4, -0.2) is 24.9 Å². The summed E-state index contributed by atoms with van der Waals surface area (Å²) < 4.78 is 5.21. The fourth-order valence-electron chi connectivity index (χ4n) is 1.24. The Labute approximate surface area is 55.8 Å². The van der Waals surface area contributed by atoms with Gasteiger partial charge in [-0.15, -0.1) is 0 Å². The summed E-state index contributed by atoms with van der Waals surface area (Å²) in [5, 5.41) is 8.59. The number of ether oxygens (including phenoxy) is 1. The van der Waals surface area contributed by atoms with Crippen LogP contribution in [0.3, 0.4) is 0 Å². The molecule has 0 spiro atoms. The number of aliphatic hydroxyl groups is 1. The number of hydrogen-bond acceptors (Lipinski definition) is 2. The molecule has 0 aromatic carbocycles. The van der Waals surface area contributed by atoms with Crippen LogP contribution >= 0.6 is 0 Å². The topological polar surface area (TPSA) is 29.5 Å². The zero-order valence-corrected chi connectivity index (χ0v) is 5.84. The maximum Gasteiger partial charge on any atom is 0.0498 e. The van der Waals surface area contributed by atoms with Crippen LogP contribution in [0.25, 0.3) is 0 Å². The third kappa shape index (κ3) is 1.66. The van der Waals surface area contributed by atoms with E-state index in [1.807, 2.05) is 0 Å². The Bertz CT molecular complexity index is 83.0. The lowest BCUT2D eigenvalue weighted by Gasteiger charge is -2.09. The lowest BCUT2D eigenvalue weighted by Crippen LogP contribution is -2.09. The second-order valence-corrected chi connectivity index (χ2v) is 2.79. The van der Waals surface area contributed by atoms with Crippen molar-refractivity contribution in [2.45, 2.75) is 13.3 Å². The van der Waals surface area contributed by atoms with Gasteiger partial charge in [-0.3, -0.25) is 0 Å². The molecule has 0 bridgehead atoms. The molecule has 9 heavy (non-hydrogen) atoms. The summed E-state index contributed by atoms with van der Waals surface area (Å²) in [4.78, 5) is 0. The van der Waals surface area contributed by atoms with Crippen molar-refractivity contribution in [3.05, 3.63) is 0 Å². The largest absolute Gasteiger partial charge is 0.396 e. The van der Waals surface area contributed by atoms with Crippen LogP contribution in [0.5, 0.6) is 0 Å². The van der Waals surface area contributed by atoms with Crippen LogP contribution in [0.15, 0.2) is 0 Å². The van der Waals surface area contributed by atoms with Crippen LogP contribution in [-0.2, 0) is 4.74 Å². The summed E-state index contributed by atoms with van der Waals surface area (Å²) in [7, 11) is 0. The predicted molar refractivity (Wildman–Crippen MR) is 35.2 cm³/mol. The Kier molecular flexibility index (Phi) is 2.49. The van der Waals surface area contributed by atoms with Crippen molar-refractivity contribution in [3.63, 3.8) is 0 Å². The Morgan fingerprint density at radius 3 is 2.78 bits per heavy atom. The van der Waals surface area contributed by atoms with Gasteiger partial charge in [-0.2, -0.15) is 0 Å². The van der Waals surface area contributed by atoms with Gasteiger partial charge in [0.25, 0.3) is 0 Å². The van der Waals surface area contributed by atoms with E-state index in [1.165, 1.54) is 0 Å². The van der Waals surface area contributed by atoms with E-state index < -0.39 is 0 Å². The quantitative estimate of drug-likeness (QED) is 0.594. The molecular formula is C7H14O2. The standard InChI is InChI=1S/C7H14O2/c1-6-4-9-5-7(6)2-3-8/h6-8H,2-5H2,1H3/t6-,7+/m0/s1. The fraction of sp³-hybridized carbons (Fsp3) is 1.00. The molecule has 0 radical (unpaired) electrons. The van der Waals surface area contributed by atoms with Crippen molar-refractivity contribution < 1.29 is 9.84 Å². The minimum Gasteiger partial charge on any atom is -0.396 e. The van der Waals surface area contributed by atoms with Gasteiger partial charge in [0.05, 0.1) is 0 Å². The Morgan fingerprint density at radius 2 is 2.33 bits per heavy atom. The summed E-state index contributed by atoms with van der Waals surface area (Å²) in [5.74, 6) is 1.26. The summed E-state index contributed by atoms with van der Waals surface area (Å²) >= 11 is 0.